The van der Waals surface area contributed by atoms with Crippen LogP contribution in [0.2, 0.25) is 10.0 Å². The number of hydrogen-bond donors (Lipinski definition) is 0. The zero-order valence-corrected chi connectivity index (χ0v) is 7.92. The standard InChI is InChI=1S/C7H5BCl2F3/c9-6-3-1-2-5(7(6)10)4-8(11,12)13/h1-3H,4H2/q-1. The van der Waals surface area contributed by atoms with Crippen LogP contribution in [0, 0.1) is 0 Å². The van der Waals surface area contributed by atoms with Crippen LogP contribution in [-0.2, 0) is 6.32 Å². The van der Waals surface area contributed by atoms with Crippen LogP contribution in [0.4, 0.5) is 12.9 Å². The van der Waals surface area contributed by atoms with Gasteiger partial charge in [-0.3, -0.25) is 0 Å². The Morgan fingerprint density at radius 1 is 1.15 bits per heavy atom. The fourth-order valence-electron chi connectivity index (χ4n) is 0.955. The molecule has 0 heterocycles. The molecule has 72 valence electrons. The monoisotopic (exact) mass is 227 g/mol. The van der Waals surface area contributed by atoms with Crippen molar-refractivity contribution in [3.63, 3.8) is 0 Å². The Balaban J connectivity index is 2.96. The van der Waals surface area contributed by atoms with Gasteiger partial charge in [0.25, 0.3) is 0 Å². The largest absolute Gasteiger partial charge is 0.482 e. The average Bonchev–Trinajstić information content (AvgIpc) is 1.96. The first-order valence-electron chi connectivity index (χ1n) is 3.54. The molecule has 0 atom stereocenters. The lowest BCUT2D eigenvalue weighted by atomic mass is 9.82. The summed E-state index contributed by atoms with van der Waals surface area (Å²) in [5.41, 5.74) is 0.0293. The van der Waals surface area contributed by atoms with Crippen molar-refractivity contribution in [2.75, 3.05) is 0 Å². The maximum atomic E-state index is 12.0. The highest BCUT2D eigenvalue weighted by Crippen LogP contribution is 2.28. The molecule has 0 aliphatic heterocycles. The predicted molar refractivity (Wildman–Crippen MR) is 49.2 cm³/mol. The van der Waals surface area contributed by atoms with Gasteiger partial charge in [0.15, 0.2) is 0 Å². The molecule has 0 aromatic heterocycles. The van der Waals surface area contributed by atoms with E-state index in [0.717, 1.165) is 0 Å². The highest BCUT2D eigenvalue weighted by atomic mass is 35.5. The van der Waals surface area contributed by atoms with E-state index in [2.05, 4.69) is 0 Å². The van der Waals surface area contributed by atoms with Gasteiger partial charge in [-0.25, -0.2) is 0 Å². The smallest absolute Gasteiger partial charge is 0.449 e. The molecular formula is C7H5BCl2F3-. The average molecular weight is 228 g/mol. The maximum Gasteiger partial charge on any atom is 0.482 e. The van der Waals surface area contributed by atoms with Gasteiger partial charge in [-0.2, -0.15) is 0 Å². The van der Waals surface area contributed by atoms with Crippen LogP contribution in [0.5, 0.6) is 0 Å². The minimum absolute atomic E-state index is 0.0108. The highest BCUT2D eigenvalue weighted by Gasteiger charge is 2.24. The first-order valence-corrected chi connectivity index (χ1v) is 4.29. The highest BCUT2D eigenvalue weighted by molar-refractivity contribution is 6.58. The van der Waals surface area contributed by atoms with Gasteiger partial charge >= 0.3 is 6.98 Å². The lowest BCUT2D eigenvalue weighted by molar-refractivity contribution is 0.468. The molecule has 0 saturated carbocycles. The number of halogens is 5. The molecular weight excluding hydrogens is 223 g/mol. The number of benzene rings is 1. The third-order valence-corrected chi connectivity index (χ3v) is 2.34. The summed E-state index contributed by atoms with van der Waals surface area (Å²) in [4.78, 5) is 0. The molecule has 0 radical (unpaired) electrons. The molecule has 0 N–H and O–H groups in total. The first kappa shape index (κ1) is 10.7. The summed E-state index contributed by atoms with van der Waals surface area (Å²) in [6.45, 7) is -4.86. The number of hydrogen-bond acceptors (Lipinski definition) is 0. The summed E-state index contributed by atoms with van der Waals surface area (Å²) in [6, 6.07) is 4.23. The van der Waals surface area contributed by atoms with Crippen molar-refractivity contribution in [2.24, 2.45) is 0 Å². The van der Waals surface area contributed by atoms with E-state index >= 15 is 0 Å². The second kappa shape index (κ2) is 3.80. The van der Waals surface area contributed by atoms with Gasteiger partial charge in [0.2, 0.25) is 0 Å². The third kappa shape index (κ3) is 3.12. The van der Waals surface area contributed by atoms with Crippen LogP contribution in [0.15, 0.2) is 18.2 Å². The quantitative estimate of drug-likeness (QED) is 0.672. The van der Waals surface area contributed by atoms with Crippen molar-refractivity contribution in [1.82, 2.24) is 0 Å². The molecule has 1 aromatic carbocycles. The lowest BCUT2D eigenvalue weighted by Gasteiger charge is -2.14. The fraction of sp³-hybridized carbons (Fsp3) is 0.143. The van der Waals surface area contributed by atoms with Gasteiger partial charge in [-0.05, 0) is 6.07 Å². The SMILES string of the molecule is F[B-](F)(F)Cc1cccc(Cl)c1Cl. The fourth-order valence-corrected chi connectivity index (χ4v) is 1.35. The zero-order chi connectivity index (χ0) is 10.1. The van der Waals surface area contributed by atoms with E-state index in [1.54, 1.807) is 0 Å². The Bertz CT molecular complexity index is 311. The van der Waals surface area contributed by atoms with Crippen LogP contribution in [0.25, 0.3) is 0 Å². The molecule has 0 aliphatic carbocycles. The number of rotatable bonds is 2. The molecule has 0 amide bonds. The van der Waals surface area contributed by atoms with Crippen molar-refractivity contribution < 1.29 is 12.9 Å². The Morgan fingerprint density at radius 2 is 1.77 bits per heavy atom. The van der Waals surface area contributed by atoms with E-state index in [-0.39, 0.29) is 15.6 Å². The van der Waals surface area contributed by atoms with E-state index in [9.17, 15) is 12.9 Å². The predicted octanol–water partition coefficient (Wildman–Crippen LogP) is 3.92. The van der Waals surface area contributed by atoms with E-state index in [0.29, 0.717) is 0 Å². The van der Waals surface area contributed by atoms with Gasteiger partial charge in [0.05, 0.1) is 10.0 Å². The third-order valence-electron chi connectivity index (χ3n) is 1.48. The molecule has 0 aliphatic rings. The minimum Gasteiger partial charge on any atom is -0.449 e. The molecule has 0 saturated heterocycles. The van der Waals surface area contributed by atoms with Gasteiger partial charge in [0, 0.05) is 0 Å². The molecule has 0 nitrogen and oxygen atoms in total. The van der Waals surface area contributed by atoms with Crippen LogP contribution < -0.4 is 0 Å². The zero-order valence-electron chi connectivity index (χ0n) is 6.41. The molecule has 6 heteroatoms. The van der Waals surface area contributed by atoms with E-state index in [4.69, 9.17) is 23.2 Å². The summed E-state index contributed by atoms with van der Waals surface area (Å²) in [5, 5.41) is 0.141. The second-order valence-electron chi connectivity index (χ2n) is 2.63. The topological polar surface area (TPSA) is 0 Å². The summed E-state index contributed by atoms with van der Waals surface area (Å²) in [7, 11) is 0. The summed E-state index contributed by atoms with van der Waals surface area (Å²) in [5.74, 6) is 0. The van der Waals surface area contributed by atoms with Crippen LogP contribution in [0.3, 0.4) is 0 Å². The second-order valence-corrected chi connectivity index (χ2v) is 3.41. The summed E-state index contributed by atoms with van der Waals surface area (Å²) in [6.07, 6.45) is -0.987. The molecule has 0 bridgehead atoms. The van der Waals surface area contributed by atoms with E-state index in [1.165, 1.54) is 18.2 Å². The Hall–Kier alpha value is -0.345. The Labute approximate surface area is 83.7 Å². The molecule has 1 aromatic rings. The van der Waals surface area contributed by atoms with Crippen LogP contribution in [-0.4, -0.2) is 6.98 Å². The molecule has 0 unspecified atom stereocenters. The van der Waals surface area contributed by atoms with Crippen molar-refractivity contribution >= 4 is 30.2 Å². The Morgan fingerprint density at radius 3 is 2.31 bits per heavy atom. The maximum absolute atomic E-state index is 12.0. The van der Waals surface area contributed by atoms with Crippen LogP contribution in [0.1, 0.15) is 5.56 Å². The van der Waals surface area contributed by atoms with Gasteiger partial charge < -0.3 is 12.9 Å². The van der Waals surface area contributed by atoms with Gasteiger partial charge in [-0.15, -0.1) is 0 Å². The van der Waals surface area contributed by atoms with Crippen molar-refractivity contribution in [2.45, 2.75) is 6.32 Å². The summed E-state index contributed by atoms with van der Waals surface area (Å²) < 4.78 is 36.0. The minimum atomic E-state index is -4.86. The van der Waals surface area contributed by atoms with Gasteiger partial charge in [0.1, 0.15) is 0 Å². The normalized spacial score (nSPS) is 11.8. The van der Waals surface area contributed by atoms with Crippen LogP contribution >= 0.6 is 23.2 Å². The van der Waals surface area contributed by atoms with Crippen molar-refractivity contribution in [3.8, 4) is 0 Å². The molecule has 13 heavy (non-hydrogen) atoms. The molecule has 1 rings (SSSR count). The van der Waals surface area contributed by atoms with Crippen molar-refractivity contribution in [1.29, 1.82) is 0 Å². The van der Waals surface area contributed by atoms with Crippen molar-refractivity contribution in [3.05, 3.63) is 33.8 Å². The van der Waals surface area contributed by atoms with E-state index < -0.39 is 13.3 Å². The molecule has 0 spiro atoms. The molecule has 0 fully saturated rings. The summed E-state index contributed by atoms with van der Waals surface area (Å²) >= 11 is 11.1. The first-order chi connectivity index (χ1) is 5.90. The van der Waals surface area contributed by atoms with E-state index in [1.807, 2.05) is 0 Å². The Kier molecular flexibility index (Phi) is 3.14. The lowest BCUT2D eigenvalue weighted by Crippen LogP contribution is -2.19. The van der Waals surface area contributed by atoms with Gasteiger partial charge in [-0.1, -0.05) is 47.2 Å².